The van der Waals surface area contributed by atoms with E-state index in [9.17, 15) is 29.7 Å². The number of amides is 1. The Labute approximate surface area is 196 Å². The SMILES string of the molecule is CC(CC(=O)C(O)Cc1ccc(O)c(O)c1)C(=O)N1CSCC1C(=O)SC1CCCCC1. The standard InChI is InChI=1S/C23H31NO6S2/c1-14(9-19(26)21(28)11-15-7-8-18(25)20(27)10-15)22(29)24-13-31-12-17(24)23(30)32-16-5-3-2-4-6-16/h7-8,10,14,16-17,21,25,27-28H,2-6,9,11-13H2,1H3. The van der Waals surface area contributed by atoms with Crippen LogP contribution < -0.4 is 0 Å². The van der Waals surface area contributed by atoms with Gasteiger partial charge in [0.05, 0.1) is 5.88 Å². The summed E-state index contributed by atoms with van der Waals surface area (Å²) < 4.78 is 0. The van der Waals surface area contributed by atoms with Crippen molar-refractivity contribution in [1.82, 2.24) is 4.90 Å². The molecule has 176 valence electrons. The maximum absolute atomic E-state index is 13.0. The van der Waals surface area contributed by atoms with Gasteiger partial charge in [-0.25, -0.2) is 0 Å². The first-order valence-corrected chi connectivity index (χ1v) is 13.1. The fourth-order valence-corrected chi connectivity index (χ4v) is 6.66. The number of aromatic hydroxyl groups is 2. The van der Waals surface area contributed by atoms with E-state index < -0.39 is 23.8 Å². The van der Waals surface area contributed by atoms with Gasteiger partial charge in [-0.3, -0.25) is 14.4 Å². The number of ketones is 1. The van der Waals surface area contributed by atoms with E-state index in [-0.39, 0.29) is 35.4 Å². The van der Waals surface area contributed by atoms with Crippen LogP contribution in [0.2, 0.25) is 0 Å². The van der Waals surface area contributed by atoms with Gasteiger partial charge in [-0.05, 0) is 30.5 Å². The second-order valence-corrected chi connectivity index (χ2v) is 10.9. The number of phenolic OH excluding ortho intramolecular Hbond substituents is 2. The number of nitrogens with zero attached hydrogens (tertiary/aromatic N) is 1. The van der Waals surface area contributed by atoms with Gasteiger partial charge in [-0.15, -0.1) is 11.8 Å². The third kappa shape index (κ3) is 6.42. The number of benzene rings is 1. The minimum atomic E-state index is -1.32. The summed E-state index contributed by atoms with van der Waals surface area (Å²) in [6.07, 6.45) is 4.16. The summed E-state index contributed by atoms with van der Waals surface area (Å²) in [6.45, 7) is 1.65. The quantitative estimate of drug-likeness (QED) is 0.485. The zero-order valence-corrected chi connectivity index (χ0v) is 19.9. The number of hydrogen-bond acceptors (Lipinski definition) is 8. The van der Waals surface area contributed by atoms with E-state index in [0.29, 0.717) is 22.4 Å². The highest BCUT2D eigenvalue weighted by Gasteiger charge is 2.38. The summed E-state index contributed by atoms with van der Waals surface area (Å²) in [5, 5.41) is 29.6. The van der Waals surface area contributed by atoms with E-state index >= 15 is 0 Å². The summed E-state index contributed by atoms with van der Waals surface area (Å²) in [5.41, 5.74) is 0.501. The summed E-state index contributed by atoms with van der Waals surface area (Å²) in [6, 6.07) is 3.65. The predicted octanol–water partition coefficient (Wildman–Crippen LogP) is 3.09. The Balaban J connectivity index is 1.53. The molecule has 0 bridgehead atoms. The zero-order valence-electron chi connectivity index (χ0n) is 18.2. The van der Waals surface area contributed by atoms with Crippen molar-refractivity contribution in [2.45, 2.75) is 69.3 Å². The van der Waals surface area contributed by atoms with Gasteiger partial charge in [0.15, 0.2) is 17.3 Å². The number of Topliss-reactive ketones (excluding diaryl/α,β-unsaturated/α-hetero) is 1. The van der Waals surface area contributed by atoms with Crippen LogP contribution in [0.15, 0.2) is 18.2 Å². The van der Waals surface area contributed by atoms with Crippen molar-refractivity contribution in [3.8, 4) is 11.5 Å². The maximum atomic E-state index is 13.0. The summed E-state index contributed by atoms with van der Waals surface area (Å²) in [7, 11) is 0. The minimum absolute atomic E-state index is 0.0215. The number of hydrogen-bond donors (Lipinski definition) is 3. The fourth-order valence-electron chi connectivity index (χ4n) is 4.12. The molecule has 3 atom stereocenters. The predicted molar refractivity (Wildman–Crippen MR) is 126 cm³/mol. The Morgan fingerprint density at radius 3 is 2.56 bits per heavy atom. The fraction of sp³-hybridized carbons (Fsp3) is 0.609. The largest absolute Gasteiger partial charge is 0.504 e. The Bertz CT molecular complexity index is 842. The number of aliphatic hydroxyl groups is 1. The lowest BCUT2D eigenvalue weighted by molar-refractivity contribution is -0.141. The van der Waals surface area contributed by atoms with Crippen LogP contribution in [-0.2, 0) is 20.8 Å². The molecule has 1 aliphatic carbocycles. The highest BCUT2D eigenvalue weighted by molar-refractivity contribution is 8.14. The van der Waals surface area contributed by atoms with Crippen molar-refractivity contribution >= 4 is 40.3 Å². The molecule has 1 amide bonds. The third-order valence-electron chi connectivity index (χ3n) is 6.04. The molecule has 1 heterocycles. The summed E-state index contributed by atoms with van der Waals surface area (Å²) in [5.74, 6) is -0.919. The van der Waals surface area contributed by atoms with E-state index in [1.807, 2.05) is 0 Å². The second kappa shape index (κ2) is 11.4. The van der Waals surface area contributed by atoms with Crippen LogP contribution in [-0.4, -0.2) is 66.1 Å². The summed E-state index contributed by atoms with van der Waals surface area (Å²) >= 11 is 2.93. The van der Waals surface area contributed by atoms with E-state index in [2.05, 4.69) is 0 Å². The lowest BCUT2D eigenvalue weighted by Gasteiger charge is -2.27. The highest BCUT2D eigenvalue weighted by atomic mass is 32.2. The molecule has 9 heteroatoms. The number of thioether (sulfide) groups is 2. The normalized spacial score (nSPS) is 21.3. The molecule has 2 fully saturated rings. The molecular weight excluding hydrogens is 450 g/mol. The van der Waals surface area contributed by atoms with E-state index in [1.165, 1.54) is 36.4 Å². The Kier molecular flexibility index (Phi) is 8.90. The lowest BCUT2D eigenvalue weighted by Crippen LogP contribution is -2.44. The van der Waals surface area contributed by atoms with Gasteiger partial charge in [-0.2, -0.15) is 0 Å². The molecule has 3 N–H and O–H groups in total. The molecule has 2 aliphatic rings. The number of aliphatic hydroxyl groups excluding tert-OH is 1. The summed E-state index contributed by atoms with van der Waals surface area (Å²) in [4.78, 5) is 39.9. The van der Waals surface area contributed by atoms with Crippen molar-refractivity contribution in [2.75, 3.05) is 11.6 Å². The molecule has 3 rings (SSSR count). The monoisotopic (exact) mass is 481 g/mol. The molecular formula is C23H31NO6S2. The molecule has 1 aromatic rings. The maximum Gasteiger partial charge on any atom is 0.227 e. The van der Waals surface area contributed by atoms with Crippen molar-refractivity contribution < 1.29 is 29.7 Å². The van der Waals surface area contributed by atoms with Crippen molar-refractivity contribution in [3.63, 3.8) is 0 Å². The van der Waals surface area contributed by atoms with Crippen LogP contribution in [0.25, 0.3) is 0 Å². The number of carbonyl (C=O) groups excluding carboxylic acids is 3. The molecule has 1 aliphatic heterocycles. The van der Waals surface area contributed by atoms with Crippen LogP contribution in [0.3, 0.4) is 0 Å². The Hall–Kier alpha value is -1.71. The first-order valence-electron chi connectivity index (χ1n) is 11.1. The van der Waals surface area contributed by atoms with E-state index in [4.69, 9.17) is 0 Å². The van der Waals surface area contributed by atoms with Gasteiger partial charge >= 0.3 is 0 Å². The third-order valence-corrected chi connectivity index (χ3v) is 8.36. The van der Waals surface area contributed by atoms with Crippen LogP contribution in [0.1, 0.15) is 51.0 Å². The van der Waals surface area contributed by atoms with Crippen LogP contribution >= 0.6 is 23.5 Å². The van der Waals surface area contributed by atoms with Crippen LogP contribution in [0.4, 0.5) is 0 Å². The molecule has 1 saturated carbocycles. The second-order valence-electron chi connectivity index (χ2n) is 8.64. The minimum Gasteiger partial charge on any atom is -0.504 e. The topological polar surface area (TPSA) is 115 Å². The van der Waals surface area contributed by atoms with Gasteiger partial charge in [0.1, 0.15) is 12.1 Å². The Morgan fingerprint density at radius 2 is 1.88 bits per heavy atom. The van der Waals surface area contributed by atoms with Gasteiger partial charge in [0, 0.05) is 29.8 Å². The average molecular weight is 482 g/mol. The van der Waals surface area contributed by atoms with Crippen molar-refractivity contribution in [1.29, 1.82) is 0 Å². The van der Waals surface area contributed by atoms with Crippen LogP contribution in [0, 0.1) is 5.92 Å². The molecule has 3 unspecified atom stereocenters. The molecule has 7 nitrogen and oxygen atoms in total. The van der Waals surface area contributed by atoms with Crippen molar-refractivity contribution in [3.05, 3.63) is 23.8 Å². The smallest absolute Gasteiger partial charge is 0.227 e. The molecule has 1 aromatic carbocycles. The first kappa shape index (κ1) is 24.9. The number of rotatable bonds is 8. The van der Waals surface area contributed by atoms with Gasteiger partial charge < -0.3 is 20.2 Å². The molecule has 0 aromatic heterocycles. The first-order chi connectivity index (χ1) is 15.3. The molecule has 0 spiro atoms. The number of phenols is 2. The zero-order chi connectivity index (χ0) is 23.3. The molecule has 0 radical (unpaired) electrons. The van der Waals surface area contributed by atoms with E-state index in [1.54, 1.807) is 23.6 Å². The molecule has 1 saturated heterocycles. The van der Waals surface area contributed by atoms with Gasteiger partial charge in [0.2, 0.25) is 11.0 Å². The average Bonchev–Trinajstić information content (AvgIpc) is 3.26. The Morgan fingerprint density at radius 1 is 1.16 bits per heavy atom. The van der Waals surface area contributed by atoms with Crippen LogP contribution in [0.5, 0.6) is 11.5 Å². The van der Waals surface area contributed by atoms with Crippen molar-refractivity contribution in [2.24, 2.45) is 5.92 Å². The van der Waals surface area contributed by atoms with E-state index in [0.717, 1.165) is 25.7 Å². The van der Waals surface area contributed by atoms with Gasteiger partial charge in [-0.1, -0.05) is 44.0 Å². The van der Waals surface area contributed by atoms with Gasteiger partial charge in [0.25, 0.3) is 0 Å². The highest BCUT2D eigenvalue weighted by Crippen LogP contribution is 2.33. The lowest BCUT2D eigenvalue weighted by atomic mass is 9.96. The number of carbonyl (C=O) groups is 3. The molecule has 32 heavy (non-hydrogen) atoms.